The van der Waals surface area contributed by atoms with Gasteiger partial charge in [0.05, 0.1) is 24.2 Å². The van der Waals surface area contributed by atoms with E-state index in [0.717, 1.165) is 27.5 Å². The van der Waals surface area contributed by atoms with Gasteiger partial charge in [0.1, 0.15) is 5.60 Å². The number of aromatic nitrogens is 1. The average Bonchev–Trinajstić information content (AvgIpc) is 2.70. The molecule has 2 aromatic rings. The van der Waals surface area contributed by atoms with E-state index in [1.165, 1.54) is 5.56 Å². The molecule has 2 N–H and O–H groups in total. The summed E-state index contributed by atoms with van der Waals surface area (Å²) in [5.41, 5.74) is 2.29. The molecular formula is C14H14BrNO3. The SMILES string of the molecule is CC1(CC(=O)O)OCCc2c1[nH]c1c(Br)cccc21. The van der Waals surface area contributed by atoms with Gasteiger partial charge in [-0.05, 0) is 40.9 Å². The molecule has 2 heterocycles. The average molecular weight is 324 g/mol. The summed E-state index contributed by atoms with van der Waals surface area (Å²) < 4.78 is 6.73. The van der Waals surface area contributed by atoms with E-state index in [-0.39, 0.29) is 6.42 Å². The van der Waals surface area contributed by atoms with Crippen LogP contribution in [0.2, 0.25) is 0 Å². The van der Waals surface area contributed by atoms with Crippen molar-refractivity contribution in [2.75, 3.05) is 6.61 Å². The summed E-state index contributed by atoms with van der Waals surface area (Å²) in [6.07, 6.45) is 0.769. The number of carboxylic acids is 1. The third-order valence-electron chi connectivity index (χ3n) is 3.68. The van der Waals surface area contributed by atoms with Crippen LogP contribution < -0.4 is 0 Å². The maximum absolute atomic E-state index is 11.1. The number of carboxylic acid groups (broad SMARTS) is 1. The van der Waals surface area contributed by atoms with E-state index >= 15 is 0 Å². The summed E-state index contributed by atoms with van der Waals surface area (Å²) in [4.78, 5) is 14.4. The number of aromatic amines is 1. The van der Waals surface area contributed by atoms with Crippen molar-refractivity contribution in [1.29, 1.82) is 0 Å². The summed E-state index contributed by atoms with van der Waals surface area (Å²) in [6, 6.07) is 6.02. The maximum atomic E-state index is 11.1. The molecule has 1 atom stereocenters. The summed E-state index contributed by atoms with van der Waals surface area (Å²) in [5, 5.41) is 10.2. The Kier molecular flexibility index (Phi) is 2.91. The van der Waals surface area contributed by atoms with Crippen molar-refractivity contribution in [1.82, 2.24) is 4.98 Å². The fourth-order valence-electron chi connectivity index (χ4n) is 2.83. The largest absolute Gasteiger partial charge is 0.481 e. The Bertz CT molecular complexity index is 664. The molecule has 1 unspecified atom stereocenters. The van der Waals surface area contributed by atoms with Crippen LogP contribution in [0.3, 0.4) is 0 Å². The molecule has 1 aliphatic rings. The van der Waals surface area contributed by atoms with Crippen LogP contribution in [0.25, 0.3) is 10.9 Å². The molecule has 0 aliphatic carbocycles. The minimum atomic E-state index is -0.854. The van der Waals surface area contributed by atoms with Crippen LogP contribution in [0.1, 0.15) is 24.6 Å². The molecule has 0 saturated carbocycles. The van der Waals surface area contributed by atoms with Crippen molar-refractivity contribution in [3.05, 3.63) is 33.9 Å². The molecule has 1 aromatic carbocycles. The second-order valence-corrected chi connectivity index (χ2v) is 5.90. The van der Waals surface area contributed by atoms with E-state index in [1.807, 2.05) is 19.1 Å². The molecular weight excluding hydrogens is 310 g/mol. The Labute approximate surface area is 118 Å². The lowest BCUT2D eigenvalue weighted by Gasteiger charge is -2.32. The molecule has 0 spiro atoms. The number of para-hydroxylation sites is 1. The topological polar surface area (TPSA) is 62.3 Å². The second-order valence-electron chi connectivity index (χ2n) is 5.04. The Morgan fingerprint density at radius 1 is 1.58 bits per heavy atom. The molecule has 0 amide bonds. The molecule has 0 radical (unpaired) electrons. The van der Waals surface area contributed by atoms with Crippen molar-refractivity contribution in [3.8, 4) is 0 Å². The molecule has 0 fully saturated rings. The molecule has 0 saturated heterocycles. The van der Waals surface area contributed by atoms with Crippen molar-refractivity contribution in [3.63, 3.8) is 0 Å². The van der Waals surface area contributed by atoms with E-state index in [4.69, 9.17) is 9.84 Å². The van der Waals surface area contributed by atoms with Gasteiger partial charge in [-0.15, -0.1) is 0 Å². The highest BCUT2D eigenvalue weighted by Crippen LogP contribution is 2.40. The van der Waals surface area contributed by atoms with Crippen LogP contribution in [0, 0.1) is 0 Å². The number of hydrogen-bond donors (Lipinski definition) is 2. The second kappa shape index (κ2) is 4.35. The number of rotatable bonds is 2. The van der Waals surface area contributed by atoms with Gasteiger partial charge in [-0.1, -0.05) is 12.1 Å². The van der Waals surface area contributed by atoms with E-state index in [0.29, 0.717) is 6.61 Å². The van der Waals surface area contributed by atoms with Gasteiger partial charge >= 0.3 is 5.97 Å². The Hall–Kier alpha value is -1.33. The van der Waals surface area contributed by atoms with Gasteiger partial charge in [0.15, 0.2) is 0 Å². The van der Waals surface area contributed by atoms with Crippen molar-refractivity contribution >= 4 is 32.8 Å². The zero-order valence-corrected chi connectivity index (χ0v) is 12.1. The Morgan fingerprint density at radius 2 is 2.37 bits per heavy atom. The highest BCUT2D eigenvalue weighted by atomic mass is 79.9. The molecule has 4 nitrogen and oxygen atoms in total. The third-order valence-corrected chi connectivity index (χ3v) is 4.34. The Balaban J connectivity index is 2.23. The lowest BCUT2D eigenvalue weighted by atomic mass is 9.90. The molecule has 1 aliphatic heterocycles. The molecule has 3 rings (SSSR count). The number of H-pyrrole nitrogens is 1. The van der Waals surface area contributed by atoms with Gasteiger partial charge in [-0.25, -0.2) is 0 Å². The van der Waals surface area contributed by atoms with Crippen molar-refractivity contribution in [2.45, 2.75) is 25.4 Å². The first-order valence-electron chi connectivity index (χ1n) is 6.16. The van der Waals surface area contributed by atoms with Gasteiger partial charge in [-0.3, -0.25) is 4.79 Å². The number of nitrogens with one attached hydrogen (secondary N) is 1. The van der Waals surface area contributed by atoms with Gasteiger partial charge < -0.3 is 14.8 Å². The van der Waals surface area contributed by atoms with E-state index in [1.54, 1.807) is 0 Å². The number of fused-ring (bicyclic) bond motifs is 3. The third kappa shape index (κ3) is 1.97. The lowest BCUT2D eigenvalue weighted by molar-refractivity contribution is -0.146. The van der Waals surface area contributed by atoms with Gasteiger partial charge in [0, 0.05) is 9.86 Å². The van der Waals surface area contributed by atoms with Crippen LogP contribution >= 0.6 is 15.9 Å². The van der Waals surface area contributed by atoms with Crippen LogP contribution in [0.4, 0.5) is 0 Å². The molecule has 1 aromatic heterocycles. The van der Waals surface area contributed by atoms with E-state index in [2.05, 4.69) is 27.0 Å². The van der Waals surface area contributed by atoms with Crippen molar-refractivity contribution in [2.24, 2.45) is 0 Å². The minimum Gasteiger partial charge on any atom is -0.481 e. The van der Waals surface area contributed by atoms with Gasteiger partial charge in [-0.2, -0.15) is 0 Å². The predicted octanol–water partition coefficient (Wildman–Crippen LogP) is 3.19. The number of benzene rings is 1. The first-order valence-corrected chi connectivity index (χ1v) is 6.96. The van der Waals surface area contributed by atoms with E-state index in [9.17, 15) is 4.79 Å². The lowest BCUT2D eigenvalue weighted by Crippen LogP contribution is -2.34. The number of carbonyl (C=O) groups is 1. The highest BCUT2D eigenvalue weighted by Gasteiger charge is 2.38. The molecule has 5 heteroatoms. The fraction of sp³-hybridized carbons (Fsp3) is 0.357. The molecule has 100 valence electrons. The first kappa shape index (κ1) is 12.7. The van der Waals surface area contributed by atoms with Crippen LogP contribution in [-0.4, -0.2) is 22.7 Å². The monoisotopic (exact) mass is 323 g/mol. The van der Waals surface area contributed by atoms with E-state index < -0.39 is 11.6 Å². The molecule has 0 bridgehead atoms. The molecule has 19 heavy (non-hydrogen) atoms. The first-order chi connectivity index (χ1) is 9.01. The quantitative estimate of drug-likeness (QED) is 0.892. The number of aliphatic carboxylic acids is 1. The maximum Gasteiger partial charge on any atom is 0.306 e. The smallest absolute Gasteiger partial charge is 0.306 e. The fourth-order valence-corrected chi connectivity index (χ4v) is 3.29. The van der Waals surface area contributed by atoms with Crippen molar-refractivity contribution < 1.29 is 14.6 Å². The zero-order chi connectivity index (χ0) is 13.6. The number of ether oxygens (including phenoxy) is 1. The van der Waals surface area contributed by atoms with Crippen LogP contribution in [0.15, 0.2) is 22.7 Å². The summed E-state index contributed by atoms with van der Waals surface area (Å²) in [6.45, 7) is 2.39. The van der Waals surface area contributed by atoms with Gasteiger partial charge in [0.2, 0.25) is 0 Å². The summed E-state index contributed by atoms with van der Waals surface area (Å²) in [5.74, 6) is -0.854. The summed E-state index contributed by atoms with van der Waals surface area (Å²) in [7, 11) is 0. The van der Waals surface area contributed by atoms with Crippen LogP contribution in [0.5, 0.6) is 0 Å². The normalized spacial score (nSPS) is 22.4. The predicted molar refractivity (Wildman–Crippen MR) is 75.3 cm³/mol. The number of halogens is 1. The zero-order valence-electron chi connectivity index (χ0n) is 10.5. The standard InChI is InChI=1S/C14H14BrNO3/c1-14(7-11(17)18)13-9(5-6-19-14)8-3-2-4-10(15)12(8)16-13/h2-4,16H,5-7H2,1H3,(H,17,18). The Morgan fingerprint density at radius 3 is 3.11 bits per heavy atom. The van der Waals surface area contributed by atoms with Crippen LogP contribution in [-0.2, 0) is 21.6 Å². The highest BCUT2D eigenvalue weighted by molar-refractivity contribution is 9.10. The minimum absolute atomic E-state index is 0.0373. The van der Waals surface area contributed by atoms with Gasteiger partial charge in [0.25, 0.3) is 0 Å². The summed E-state index contributed by atoms with van der Waals surface area (Å²) >= 11 is 3.52. The number of hydrogen-bond acceptors (Lipinski definition) is 2.